The van der Waals surface area contributed by atoms with Crippen molar-refractivity contribution in [2.75, 3.05) is 0 Å². The van der Waals surface area contributed by atoms with Crippen molar-refractivity contribution in [1.29, 1.82) is 0 Å². The quantitative estimate of drug-likeness (QED) is 0.130. The third-order valence-electron chi connectivity index (χ3n) is 7.55. The Kier molecular flexibility index (Phi) is 8.53. The molecular formula is C36H30N8S2. The molecule has 5 aromatic rings. The summed E-state index contributed by atoms with van der Waals surface area (Å²) in [6.07, 6.45) is 16.6. The van der Waals surface area contributed by atoms with Crippen LogP contribution in [0.5, 0.6) is 0 Å². The Morgan fingerprint density at radius 2 is 0.913 bits per heavy atom. The van der Waals surface area contributed by atoms with Crippen LogP contribution in [0.25, 0.3) is 32.5 Å². The van der Waals surface area contributed by atoms with Crippen LogP contribution in [-0.4, -0.2) is 31.0 Å². The van der Waals surface area contributed by atoms with Crippen molar-refractivity contribution in [1.82, 2.24) is 19.6 Å². The number of aromatic nitrogens is 4. The highest BCUT2D eigenvalue weighted by Gasteiger charge is 2.14. The van der Waals surface area contributed by atoms with E-state index in [1.165, 1.54) is 22.7 Å². The molecule has 46 heavy (non-hydrogen) atoms. The Balaban J connectivity index is 1.23. The van der Waals surface area contributed by atoms with Gasteiger partial charge in [-0.3, -0.25) is 0 Å². The molecule has 2 aliphatic carbocycles. The lowest BCUT2D eigenvalue weighted by molar-refractivity contribution is 0.822. The summed E-state index contributed by atoms with van der Waals surface area (Å²) >= 11 is 3.01. The van der Waals surface area contributed by atoms with E-state index in [-0.39, 0.29) is 11.8 Å². The van der Waals surface area contributed by atoms with Crippen LogP contribution >= 0.6 is 22.7 Å². The van der Waals surface area contributed by atoms with Crippen molar-refractivity contribution in [2.45, 2.75) is 13.8 Å². The van der Waals surface area contributed by atoms with E-state index in [4.69, 9.17) is 10.2 Å². The van der Waals surface area contributed by atoms with E-state index in [2.05, 4.69) is 69.0 Å². The summed E-state index contributed by atoms with van der Waals surface area (Å²) in [4.78, 5) is 1.40. The summed E-state index contributed by atoms with van der Waals surface area (Å²) in [5, 5.41) is 30.0. The van der Waals surface area contributed by atoms with E-state index in [0.717, 1.165) is 43.9 Å². The summed E-state index contributed by atoms with van der Waals surface area (Å²) in [5.41, 5.74) is 5.68. The highest BCUT2D eigenvalue weighted by atomic mass is 32.1. The predicted molar refractivity (Wildman–Crippen MR) is 188 cm³/mol. The van der Waals surface area contributed by atoms with Gasteiger partial charge in [-0.1, -0.05) is 132 Å². The van der Waals surface area contributed by atoms with Crippen LogP contribution < -0.4 is 9.60 Å². The van der Waals surface area contributed by atoms with Gasteiger partial charge in [-0.15, -0.1) is 10.2 Å². The normalized spacial score (nSPS) is 16.0. The van der Waals surface area contributed by atoms with E-state index in [1.807, 2.05) is 108 Å². The molecule has 0 radical (unpaired) electrons. The molecule has 0 spiro atoms. The Morgan fingerprint density at radius 1 is 0.543 bits per heavy atom. The van der Waals surface area contributed by atoms with Crippen molar-refractivity contribution < 1.29 is 0 Å². The summed E-state index contributed by atoms with van der Waals surface area (Å²) in [6, 6.07) is 28.3. The second-order valence-electron chi connectivity index (χ2n) is 10.7. The molecule has 2 aromatic heterocycles. The minimum Gasteiger partial charge on any atom is -0.203 e. The van der Waals surface area contributed by atoms with E-state index >= 15 is 0 Å². The van der Waals surface area contributed by atoms with Crippen molar-refractivity contribution in [3.05, 3.63) is 143 Å². The molecule has 0 N–H and O–H groups in total. The predicted octanol–water partition coefficient (Wildman–Crippen LogP) is 7.55. The molecular weight excluding hydrogens is 609 g/mol. The molecule has 7 rings (SSSR count). The molecule has 226 valence electrons. The molecule has 2 heterocycles. The molecule has 8 nitrogen and oxygen atoms in total. The third-order valence-corrected chi connectivity index (χ3v) is 9.44. The van der Waals surface area contributed by atoms with Gasteiger partial charge in [-0.2, -0.15) is 20.4 Å². The first-order valence-electron chi connectivity index (χ1n) is 14.9. The molecule has 0 aliphatic heterocycles. The Hall–Kier alpha value is -5.32. The van der Waals surface area contributed by atoms with Gasteiger partial charge in [-0.05, 0) is 38.1 Å². The highest BCUT2D eigenvalue weighted by Crippen LogP contribution is 2.26. The second-order valence-corrected chi connectivity index (χ2v) is 12.6. The van der Waals surface area contributed by atoms with Crippen LogP contribution in [0, 0.1) is 11.8 Å². The number of rotatable bonds is 8. The topological polar surface area (TPSA) is 85.1 Å². The molecule has 0 saturated carbocycles. The average molecular weight is 639 g/mol. The lowest BCUT2D eigenvalue weighted by Crippen LogP contribution is -2.14. The van der Waals surface area contributed by atoms with Gasteiger partial charge in [-0.25, -0.2) is 9.36 Å². The van der Waals surface area contributed by atoms with Crippen LogP contribution in [0.3, 0.4) is 0 Å². The molecule has 0 fully saturated rings. The minimum absolute atomic E-state index is 0.172. The largest absolute Gasteiger partial charge is 0.233 e. The van der Waals surface area contributed by atoms with Gasteiger partial charge in [0.05, 0.1) is 11.4 Å². The first-order valence-corrected chi connectivity index (χ1v) is 16.5. The van der Waals surface area contributed by atoms with Crippen molar-refractivity contribution in [2.24, 2.45) is 32.2 Å². The lowest BCUT2D eigenvalue weighted by Gasteiger charge is -2.02. The Labute approximate surface area is 274 Å². The molecule has 10 heteroatoms. The average Bonchev–Trinajstić information content (AvgIpc) is 3.94. The van der Waals surface area contributed by atoms with Crippen LogP contribution in [0.4, 0.5) is 0 Å². The molecule has 0 amide bonds. The second kappa shape index (κ2) is 13.4. The van der Waals surface area contributed by atoms with Crippen molar-refractivity contribution in [3.8, 4) is 32.5 Å². The summed E-state index contributed by atoms with van der Waals surface area (Å²) in [6.45, 7) is 4.00. The minimum atomic E-state index is 0.172. The molecule has 0 saturated heterocycles. The van der Waals surface area contributed by atoms with Crippen LogP contribution in [0.1, 0.15) is 13.8 Å². The van der Waals surface area contributed by atoms with Gasteiger partial charge >= 0.3 is 0 Å². The highest BCUT2D eigenvalue weighted by molar-refractivity contribution is 7.12. The molecule has 2 aliphatic rings. The number of benzene rings is 3. The fraction of sp³-hybridized carbons (Fsp3) is 0.111. The molecule has 0 atom stereocenters. The Morgan fingerprint density at radius 3 is 1.28 bits per heavy atom. The summed E-state index contributed by atoms with van der Waals surface area (Å²) in [7, 11) is 0. The maximum Gasteiger partial charge on any atom is 0.233 e. The van der Waals surface area contributed by atoms with Gasteiger partial charge in [0.15, 0.2) is 0 Å². The maximum atomic E-state index is 4.95. The third kappa shape index (κ3) is 6.39. The first-order chi connectivity index (χ1) is 22.6. The zero-order valence-electron chi connectivity index (χ0n) is 25.3. The fourth-order valence-electron chi connectivity index (χ4n) is 4.95. The standard InChI is InChI=1S/C36H30N8S2/c1-25(27-13-9-10-14-27)37-39-35-43(31-17-5-3-6-18-31)41-33(45-35)29-21-23-30(24-22-29)34-42-44(32-19-7-4-8-20-32)36(46-34)40-38-26(2)28-15-11-12-16-28/h3-24,27-28H,1-2H3/b37-25+,38-26+,39-35+,40-36+. The molecule has 0 bridgehead atoms. The number of hydrogen-bond donors (Lipinski definition) is 0. The van der Waals surface area contributed by atoms with Crippen LogP contribution in [0.15, 0.2) is 154 Å². The van der Waals surface area contributed by atoms with Crippen molar-refractivity contribution in [3.63, 3.8) is 0 Å². The SMILES string of the molecule is C/C(=N\N=c1\sc(-c2ccc(-c3nn(-c4ccccc4)/c(=N\N=C(/C)C4C=CC=C4)s3)cc2)nn1-c1ccccc1)C1C=CC=C1. The Bertz CT molecular complexity index is 1990. The van der Waals surface area contributed by atoms with Crippen LogP contribution in [0.2, 0.25) is 0 Å². The van der Waals surface area contributed by atoms with Gasteiger partial charge in [0.1, 0.15) is 10.0 Å². The molecule has 3 aromatic carbocycles. The van der Waals surface area contributed by atoms with Gasteiger partial charge in [0.2, 0.25) is 9.60 Å². The van der Waals surface area contributed by atoms with Gasteiger partial charge in [0.25, 0.3) is 0 Å². The van der Waals surface area contributed by atoms with E-state index in [1.54, 1.807) is 0 Å². The number of nitrogens with zero attached hydrogens (tertiary/aromatic N) is 8. The maximum absolute atomic E-state index is 4.95. The number of hydrogen-bond acceptors (Lipinski definition) is 8. The van der Waals surface area contributed by atoms with Crippen LogP contribution in [-0.2, 0) is 0 Å². The van der Waals surface area contributed by atoms with E-state index in [0.29, 0.717) is 9.60 Å². The monoisotopic (exact) mass is 638 g/mol. The first kappa shape index (κ1) is 29.4. The van der Waals surface area contributed by atoms with Gasteiger partial charge < -0.3 is 0 Å². The number of allylic oxidation sites excluding steroid dienone is 8. The van der Waals surface area contributed by atoms with Crippen molar-refractivity contribution >= 4 is 34.1 Å². The lowest BCUT2D eigenvalue weighted by atomic mass is 10.1. The van der Waals surface area contributed by atoms with E-state index < -0.39 is 0 Å². The zero-order valence-corrected chi connectivity index (χ0v) is 26.9. The summed E-state index contributed by atoms with van der Waals surface area (Å²) < 4.78 is 3.70. The smallest absolute Gasteiger partial charge is 0.203 e. The van der Waals surface area contributed by atoms with Gasteiger partial charge in [0, 0.05) is 34.4 Å². The fourth-order valence-corrected chi connectivity index (χ4v) is 6.68. The van der Waals surface area contributed by atoms with E-state index in [9.17, 15) is 0 Å². The zero-order chi connectivity index (χ0) is 31.3. The number of para-hydroxylation sites is 2. The summed E-state index contributed by atoms with van der Waals surface area (Å²) in [5.74, 6) is 0.345. The molecule has 0 unspecified atom stereocenters.